The Morgan fingerprint density at radius 2 is 1.88 bits per heavy atom. The molecule has 0 heterocycles. The van der Waals surface area contributed by atoms with Gasteiger partial charge in [0.2, 0.25) is 0 Å². The minimum Gasteiger partial charge on any atom is -0.496 e. The fourth-order valence-electron chi connectivity index (χ4n) is 3.71. The first-order valence-electron chi connectivity index (χ1n) is 8.27. The molecule has 25 heavy (non-hydrogen) atoms. The molecule has 1 aliphatic rings. The average Bonchev–Trinajstić information content (AvgIpc) is 3.01. The van der Waals surface area contributed by atoms with Crippen LogP contribution in [0.1, 0.15) is 27.0 Å². The van der Waals surface area contributed by atoms with E-state index in [1.165, 1.54) is 16.5 Å². The van der Waals surface area contributed by atoms with Gasteiger partial charge in [0.25, 0.3) is 5.91 Å². The van der Waals surface area contributed by atoms with E-state index in [0.717, 1.165) is 34.0 Å². The van der Waals surface area contributed by atoms with Gasteiger partial charge in [-0.25, -0.2) is 0 Å². The molecule has 0 aliphatic heterocycles. The average molecular weight is 396 g/mol. The number of carbonyl (C=O) groups excluding carboxylic acids is 1. The summed E-state index contributed by atoms with van der Waals surface area (Å²) in [4.78, 5) is 12.9. The van der Waals surface area contributed by atoms with E-state index in [9.17, 15) is 4.79 Å². The molecule has 0 saturated carbocycles. The Kier molecular flexibility index (Phi) is 4.00. The number of aryl methyl sites for hydroxylation is 3. The second kappa shape index (κ2) is 6.19. The first-order chi connectivity index (χ1) is 12.1. The summed E-state index contributed by atoms with van der Waals surface area (Å²) >= 11 is 3.46. The molecule has 4 heteroatoms. The molecular formula is C21H18BrNO2. The summed E-state index contributed by atoms with van der Waals surface area (Å²) in [6.45, 7) is 1.93. The number of rotatable bonds is 3. The molecule has 3 nitrogen and oxygen atoms in total. The molecule has 126 valence electrons. The third-order valence-corrected chi connectivity index (χ3v) is 5.27. The van der Waals surface area contributed by atoms with Gasteiger partial charge in [0, 0.05) is 15.5 Å². The van der Waals surface area contributed by atoms with Crippen LogP contribution in [-0.4, -0.2) is 13.0 Å². The minimum absolute atomic E-state index is 0.167. The summed E-state index contributed by atoms with van der Waals surface area (Å²) in [5.74, 6) is 0.437. The second-order valence-corrected chi connectivity index (χ2v) is 7.29. The van der Waals surface area contributed by atoms with Crippen LogP contribution in [0.4, 0.5) is 5.69 Å². The maximum Gasteiger partial charge on any atom is 0.259 e. The van der Waals surface area contributed by atoms with Gasteiger partial charge in [0.05, 0.1) is 12.7 Å². The van der Waals surface area contributed by atoms with Crippen molar-refractivity contribution in [2.45, 2.75) is 19.8 Å². The van der Waals surface area contributed by atoms with Crippen molar-refractivity contribution in [1.29, 1.82) is 0 Å². The Morgan fingerprint density at radius 1 is 1.12 bits per heavy atom. The second-order valence-electron chi connectivity index (χ2n) is 6.37. The van der Waals surface area contributed by atoms with Crippen molar-refractivity contribution >= 4 is 38.3 Å². The van der Waals surface area contributed by atoms with Crippen LogP contribution in [0, 0.1) is 6.92 Å². The molecular weight excluding hydrogens is 378 g/mol. The van der Waals surface area contributed by atoms with Crippen LogP contribution in [0.2, 0.25) is 0 Å². The quantitative estimate of drug-likeness (QED) is 0.655. The van der Waals surface area contributed by atoms with Crippen molar-refractivity contribution in [3.8, 4) is 5.75 Å². The largest absolute Gasteiger partial charge is 0.496 e. The minimum atomic E-state index is -0.167. The van der Waals surface area contributed by atoms with E-state index in [2.05, 4.69) is 45.5 Å². The van der Waals surface area contributed by atoms with E-state index < -0.39 is 0 Å². The SMILES string of the molecule is COc1c(C)cc(Br)cc1C(=O)Nc1ccc2c3c(cccc13)CC2. The van der Waals surface area contributed by atoms with Crippen molar-refractivity contribution in [3.05, 3.63) is 69.2 Å². The van der Waals surface area contributed by atoms with Gasteiger partial charge in [0.15, 0.2) is 0 Å². The first kappa shape index (κ1) is 16.2. The van der Waals surface area contributed by atoms with Gasteiger partial charge in [-0.05, 0) is 60.0 Å². The summed E-state index contributed by atoms with van der Waals surface area (Å²) in [5.41, 5.74) is 5.01. The highest BCUT2D eigenvalue weighted by Gasteiger charge is 2.19. The summed E-state index contributed by atoms with van der Waals surface area (Å²) in [6.07, 6.45) is 2.14. The van der Waals surface area contributed by atoms with Gasteiger partial charge in [-0.2, -0.15) is 0 Å². The number of nitrogens with one attached hydrogen (secondary N) is 1. The van der Waals surface area contributed by atoms with Crippen molar-refractivity contribution in [3.63, 3.8) is 0 Å². The maximum atomic E-state index is 12.9. The molecule has 0 fully saturated rings. The van der Waals surface area contributed by atoms with Gasteiger partial charge < -0.3 is 10.1 Å². The first-order valence-corrected chi connectivity index (χ1v) is 9.06. The fourth-order valence-corrected chi connectivity index (χ4v) is 4.29. The predicted molar refractivity (Wildman–Crippen MR) is 105 cm³/mol. The molecule has 1 amide bonds. The van der Waals surface area contributed by atoms with Gasteiger partial charge >= 0.3 is 0 Å². The van der Waals surface area contributed by atoms with Crippen LogP contribution >= 0.6 is 15.9 Å². The molecule has 0 saturated heterocycles. The summed E-state index contributed by atoms with van der Waals surface area (Å²) in [5, 5.41) is 5.47. The van der Waals surface area contributed by atoms with E-state index in [-0.39, 0.29) is 5.91 Å². The summed E-state index contributed by atoms with van der Waals surface area (Å²) < 4.78 is 6.30. The molecule has 3 aromatic rings. The van der Waals surface area contributed by atoms with E-state index in [0.29, 0.717) is 11.3 Å². The fraction of sp³-hybridized carbons (Fsp3) is 0.190. The Balaban J connectivity index is 1.77. The van der Waals surface area contributed by atoms with Gasteiger partial charge in [-0.15, -0.1) is 0 Å². The van der Waals surface area contributed by atoms with E-state index in [1.54, 1.807) is 13.2 Å². The normalized spacial score (nSPS) is 12.4. The van der Waals surface area contributed by atoms with Crippen LogP contribution in [0.15, 0.2) is 46.9 Å². The topological polar surface area (TPSA) is 38.3 Å². The number of anilines is 1. The lowest BCUT2D eigenvalue weighted by Gasteiger charge is -2.14. The van der Waals surface area contributed by atoms with Crippen molar-refractivity contribution in [1.82, 2.24) is 0 Å². The van der Waals surface area contributed by atoms with Crippen molar-refractivity contribution < 1.29 is 9.53 Å². The highest BCUT2D eigenvalue weighted by molar-refractivity contribution is 9.10. The predicted octanol–water partition coefficient (Wildman–Crippen LogP) is 5.27. The number of halogens is 1. The number of benzene rings is 3. The molecule has 0 spiro atoms. The van der Waals surface area contributed by atoms with Crippen LogP contribution in [0.5, 0.6) is 5.75 Å². The molecule has 1 N–H and O–H groups in total. The lowest BCUT2D eigenvalue weighted by atomic mass is 10.0. The molecule has 0 radical (unpaired) electrons. The number of hydrogen-bond acceptors (Lipinski definition) is 2. The van der Waals surface area contributed by atoms with Crippen molar-refractivity contribution in [2.24, 2.45) is 0 Å². The third-order valence-electron chi connectivity index (χ3n) is 4.81. The summed E-state index contributed by atoms with van der Waals surface area (Å²) in [7, 11) is 1.59. The smallest absolute Gasteiger partial charge is 0.259 e. The Hall–Kier alpha value is -2.33. The van der Waals surface area contributed by atoms with Crippen LogP contribution in [0.3, 0.4) is 0 Å². The molecule has 3 aromatic carbocycles. The lowest BCUT2D eigenvalue weighted by molar-refractivity contribution is 0.102. The van der Waals surface area contributed by atoms with Crippen LogP contribution < -0.4 is 10.1 Å². The molecule has 0 atom stereocenters. The Labute approximate surface area is 155 Å². The third kappa shape index (κ3) is 2.71. The van der Waals surface area contributed by atoms with Crippen LogP contribution in [0.25, 0.3) is 10.8 Å². The molecule has 1 aliphatic carbocycles. The van der Waals surface area contributed by atoms with Gasteiger partial charge in [-0.3, -0.25) is 4.79 Å². The van der Waals surface area contributed by atoms with Gasteiger partial charge in [0.1, 0.15) is 5.75 Å². The molecule has 0 unspecified atom stereocenters. The number of ether oxygens (including phenoxy) is 1. The number of hydrogen-bond donors (Lipinski definition) is 1. The van der Waals surface area contributed by atoms with Crippen molar-refractivity contribution in [2.75, 3.05) is 12.4 Å². The van der Waals surface area contributed by atoms with Gasteiger partial charge in [-0.1, -0.05) is 40.2 Å². The zero-order valence-electron chi connectivity index (χ0n) is 14.2. The molecule has 0 bridgehead atoms. The maximum absolute atomic E-state index is 12.9. The number of amides is 1. The molecule has 0 aromatic heterocycles. The zero-order chi connectivity index (χ0) is 17.6. The van der Waals surface area contributed by atoms with Crippen LogP contribution in [-0.2, 0) is 12.8 Å². The zero-order valence-corrected chi connectivity index (χ0v) is 15.7. The lowest BCUT2D eigenvalue weighted by Crippen LogP contribution is -2.14. The molecule has 4 rings (SSSR count). The number of carbonyl (C=O) groups is 1. The van der Waals surface area contributed by atoms with E-state index in [4.69, 9.17) is 4.74 Å². The highest BCUT2D eigenvalue weighted by Crippen LogP contribution is 2.36. The Bertz CT molecular complexity index is 1000. The number of methoxy groups -OCH3 is 1. The summed E-state index contributed by atoms with van der Waals surface area (Å²) in [6, 6.07) is 14.2. The standard InChI is InChI=1S/C21H18BrNO2/c1-12-10-15(22)11-17(20(12)25-2)21(24)23-18-9-8-14-7-6-13-4-3-5-16(18)19(13)14/h3-5,8-11H,6-7H2,1-2H3,(H,23,24). The monoisotopic (exact) mass is 395 g/mol. The highest BCUT2D eigenvalue weighted by atomic mass is 79.9. The Morgan fingerprint density at radius 3 is 2.64 bits per heavy atom. The van der Waals surface area contributed by atoms with E-state index in [1.807, 2.05) is 19.1 Å². The van der Waals surface area contributed by atoms with E-state index >= 15 is 0 Å².